The molecule has 1 aromatic rings. The van der Waals surface area contributed by atoms with Crippen LogP contribution in [-0.4, -0.2) is 18.8 Å². The van der Waals surface area contributed by atoms with Gasteiger partial charge in [0, 0.05) is 19.2 Å². The lowest BCUT2D eigenvalue weighted by atomic mass is 9.89. The highest BCUT2D eigenvalue weighted by Crippen LogP contribution is 2.24. The summed E-state index contributed by atoms with van der Waals surface area (Å²) in [4.78, 5) is 0. The van der Waals surface area contributed by atoms with Gasteiger partial charge in [0.25, 0.3) is 0 Å². The number of ether oxygens (including phenoxy) is 1. The van der Waals surface area contributed by atoms with Crippen molar-refractivity contribution < 1.29 is 9.13 Å². The molecule has 0 aliphatic heterocycles. The van der Waals surface area contributed by atoms with Crippen LogP contribution in [0.4, 0.5) is 4.39 Å². The summed E-state index contributed by atoms with van der Waals surface area (Å²) in [5.41, 5.74) is 1.10. The van der Waals surface area contributed by atoms with Gasteiger partial charge in [0.05, 0.1) is 10.6 Å². The molecule has 94 valence electrons. The highest BCUT2D eigenvalue weighted by Gasteiger charge is 2.28. The molecule has 0 heterocycles. The van der Waals surface area contributed by atoms with Gasteiger partial charge < -0.3 is 10.1 Å². The molecular formula is C13H17BrFNO. The van der Waals surface area contributed by atoms with Crippen LogP contribution in [0.5, 0.6) is 0 Å². The molecular weight excluding hydrogens is 285 g/mol. The Morgan fingerprint density at radius 1 is 1.47 bits per heavy atom. The van der Waals surface area contributed by atoms with E-state index in [-0.39, 0.29) is 5.82 Å². The zero-order valence-electron chi connectivity index (χ0n) is 9.88. The molecule has 2 nitrogen and oxygen atoms in total. The van der Waals surface area contributed by atoms with E-state index < -0.39 is 0 Å². The number of halogens is 2. The Labute approximate surface area is 110 Å². The fourth-order valence-electron chi connectivity index (χ4n) is 2.02. The zero-order chi connectivity index (χ0) is 12.3. The first-order chi connectivity index (χ1) is 8.19. The van der Waals surface area contributed by atoms with Gasteiger partial charge in [-0.1, -0.05) is 6.07 Å². The van der Waals surface area contributed by atoms with Gasteiger partial charge in [-0.3, -0.25) is 0 Å². The summed E-state index contributed by atoms with van der Waals surface area (Å²) in [6.07, 6.45) is 2.59. The summed E-state index contributed by atoms with van der Waals surface area (Å²) in [5, 5.41) is 3.45. The lowest BCUT2D eigenvalue weighted by Crippen LogP contribution is -2.45. The van der Waals surface area contributed by atoms with Gasteiger partial charge in [0.2, 0.25) is 0 Å². The summed E-state index contributed by atoms with van der Waals surface area (Å²) >= 11 is 3.19. The Balaban J connectivity index is 1.74. The lowest BCUT2D eigenvalue weighted by molar-refractivity contribution is -0.0102. The minimum Gasteiger partial charge on any atom is -0.378 e. The van der Waals surface area contributed by atoms with E-state index in [9.17, 15) is 4.39 Å². The van der Waals surface area contributed by atoms with Crippen LogP contribution in [0, 0.1) is 5.82 Å². The van der Waals surface area contributed by atoms with Gasteiger partial charge >= 0.3 is 0 Å². The van der Waals surface area contributed by atoms with Crippen molar-refractivity contribution in [2.75, 3.05) is 6.61 Å². The monoisotopic (exact) mass is 301 g/mol. The highest BCUT2D eigenvalue weighted by atomic mass is 79.9. The number of hydrogen-bond acceptors (Lipinski definition) is 2. The molecule has 1 aliphatic rings. The fraction of sp³-hybridized carbons (Fsp3) is 0.538. The first-order valence-electron chi connectivity index (χ1n) is 5.98. The number of hydrogen-bond donors (Lipinski definition) is 1. The maximum absolute atomic E-state index is 13.0. The van der Waals surface area contributed by atoms with E-state index in [1.54, 1.807) is 0 Å². The Bertz CT molecular complexity index is 380. The Morgan fingerprint density at radius 2 is 2.24 bits per heavy atom. The molecule has 17 heavy (non-hydrogen) atoms. The normalized spacial score (nSPS) is 23.5. The number of nitrogens with one attached hydrogen (secondary N) is 1. The van der Waals surface area contributed by atoms with E-state index in [1.807, 2.05) is 19.1 Å². The van der Waals surface area contributed by atoms with Gasteiger partial charge in [-0.05, 0) is 53.4 Å². The fourth-order valence-corrected chi connectivity index (χ4v) is 2.44. The minimum atomic E-state index is -0.214. The molecule has 0 saturated heterocycles. The molecule has 0 aromatic heterocycles. The molecule has 1 N–H and O–H groups in total. The van der Waals surface area contributed by atoms with Crippen molar-refractivity contribution >= 4 is 15.9 Å². The van der Waals surface area contributed by atoms with Gasteiger partial charge in [0.15, 0.2) is 0 Å². The zero-order valence-corrected chi connectivity index (χ0v) is 11.5. The second-order valence-electron chi connectivity index (χ2n) is 4.38. The molecule has 0 radical (unpaired) electrons. The minimum absolute atomic E-state index is 0.214. The summed E-state index contributed by atoms with van der Waals surface area (Å²) < 4.78 is 19.1. The van der Waals surface area contributed by atoms with Crippen LogP contribution in [0.15, 0.2) is 22.7 Å². The van der Waals surface area contributed by atoms with Gasteiger partial charge in [0.1, 0.15) is 5.82 Å². The quantitative estimate of drug-likeness (QED) is 0.901. The largest absolute Gasteiger partial charge is 0.378 e. The van der Waals surface area contributed by atoms with Crippen LogP contribution in [0.3, 0.4) is 0 Å². The van der Waals surface area contributed by atoms with Crippen LogP contribution in [-0.2, 0) is 11.3 Å². The van der Waals surface area contributed by atoms with E-state index in [1.165, 1.54) is 6.07 Å². The molecule has 0 unspecified atom stereocenters. The highest BCUT2D eigenvalue weighted by molar-refractivity contribution is 9.10. The van der Waals surface area contributed by atoms with E-state index in [0.717, 1.165) is 31.6 Å². The molecule has 1 fully saturated rings. The molecule has 1 aromatic carbocycles. The maximum Gasteiger partial charge on any atom is 0.137 e. The van der Waals surface area contributed by atoms with Crippen molar-refractivity contribution in [3.05, 3.63) is 34.1 Å². The van der Waals surface area contributed by atoms with Gasteiger partial charge in [-0.25, -0.2) is 4.39 Å². The number of rotatable bonds is 5. The topological polar surface area (TPSA) is 21.3 Å². The van der Waals surface area contributed by atoms with Crippen LogP contribution >= 0.6 is 15.9 Å². The van der Waals surface area contributed by atoms with Crippen LogP contribution in [0.25, 0.3) is 0 Å². The molecule has 1 saturated carbocycles. The Kier molecular flexibility index (Phi) is 4.54. The van der Waals surface area contributed by atoms with Crippen molar-refractivity contribution in [1.29, 1.82) is 0 Å². The molecule has 0 bridgehead atoms. The predicted octanol–water partition coefficient (Wildman–Crippen LogP) is 3.25. The summed E-state index contributed by atoms with van der Waals surface area (Å²) in [6.45, 7) is 3.60. The summed E-state index contributed by atoms with van der Waals surface area (Å²) in [6, 6.07) is 5.66. The first-order valence-corrected chi connectivity index (χ1v) is 6.77. The maximum atomic E-state index is 13.0. The van der Waals surface area contributed by atoms with Crippen molar-refractivity contribution in [2.24, 2.45) is 0 Å². The average molecular weight is 302 g/mol. The third-order valence-corrected chi connectivity index (χ3v) is 3.68. The van der Waals surface area contributed by atoms with Gasteiger partial charge in [-0.2, -0.15) is 0 Å². The second-order valence-corrected chi connectivity index (χ2v) is 5.23. The molecule has 4 heteroatoms. The van der Waals surface area contributed by atoms with Crippen molar-refractivity contribution in [1.82, 2.24) is 5.32 Å². The molecule has 2 rings (SSSR count). The van der Waals surface area contributed by atoms with E-state index in [2.05, 4.69) is 21.2 Å². The number of benzene rings is 1. The van der Waals surface area contributed by atoms with Crippen molar-refractivity contribution in [2.45, 2.75) is 38.5 Å². The summed E-state index contributed by atoms with van der Waals surface area (Å²) in [7, 11) is 0. The van der Waals surface area contributed by atoms with Crippen LogP contribution in [0.2, 0.25) is 0 Å². The van der Waals surface area contributed by atoms with Crippen molar-refractivity contribution in [3.8, 4) is 0 Å². The SMILES string of the molecule is CCOC1CC(NCc2ccc(F)c(Br)c2)C1. The standard InChI is InChI=1S/C13H17BrFNO/c1-2-17-11-6-10(7-11)16-8-9-3-4-13(15)12(14)5-9/h3-5,10-11,16H,2,6-8H2,1H3. The van der Waals surface area contributed by atoms with E-state index in [0.29, 0.717) is 16.6 Å². The van der Waals surface area contributed by atoms with Crippen molar-refractivity contribution in [3.63, 3.8) is 0 Å². The average Bonchev–Trinajstić information content (AvgIpc) is 2.26. The first kappa shape index (κ1) is 13.0. The van der Waals surface area contributed by atoms with Crippen LogP contribution in [0.1, 0.15) is 25.3 Å². The van der Waals surface area contributed by atoms with E-state index >= 15 is 0 Å². The molecule has 1 aliphatic carbocycles. The molecule has 0 amide bonds. The van der Waals surface area contributed by atoms with Crippen LogP contribution < -0.4 is 5.32 Å². The Morgan fingerprint density at radius 3 is 2.88 bits per heavy atom. The second kappa shape index (κ2) is 5.94. The van der Waals surface area contributed by atoms with Gasteiger partial charge in [-0.15, -0.1) is 0 Å². The molecule has 0 spiro atoms. The predicted molar refractivity (Wildman–Crippen MR) is 69.4 cm³/mol. The summed E-state index contributed by atoms with van der Waals surface area (Å²) in [5.74, 6) is -0.214. The van der Waals surface area contributed by atoms with E-state index in [4.69, 9.17) is 4.74 Å². The Hall–Kier alpha value is -0.450. The third kappa shape index (κ3) is 3.50. The third-order valence-electron chi connectivity index (χ3n) is 3.08. The molecule has 0 atom stereocenters. The lowest BCUT2D eigenvalue weighted by Gasteiger charge is -2.35. The smallest absolute Gasteiger partial charge is 0.137 e.